The molecule has 1 fully saturated rings. The molecule has 3 nitrogen and oxygen atoms in total. The number of hydrogen-bond acceptors (Lipinski definition) is 3. The lowest BCUT2D eigenvalue weighted by Crippen LogP contribution is -2.39. The van der Waals surface area contributed by atoms with Gasteiger partial charge in [-0.1, -0.05) is 41.4 Å². The standard InChI is InChI=1S/C16H15Cl2NO2S/c17-11-5-2-1-4-10(11)15(13-7-8-14(18)22-13)19-9-3-6-12(19)16(20)21/h1-2,4-5,7-8,12,15H,3,6,9H2,(H,20,21). The fraction of sp³-hybridized carbons (Fsp3) is 0.312. The molecule has 6 heteroatoms. The second-order valence-corrected chi connectivity index (χ2v) is 7.45. The predicted molar refractivity (Wildman–Crippen MR) is 90.0 cm³/mol. The number of aliphatic carboxylic acids is 1. The molecule has 116 valence electrons. The Labute approximate surface area is 143 Å². The lowest BCUT2D eigenvalue weighted by Gasteiger charge is -2.31. The van der Waals surface area contributed by atoms with E-state index in [-0.39, 0.29) is 6.04 Å². The SMILES string of the molecule is O=C(O)C1CCCN1C(c1ccc(Cl)s1)c1ccccc1Cl. The molecular weight excluding hydrogens is 341 g/mol. The van der Waals surface area contributed by atoms with Crippen LogP contribution in [0.15, 0.2) is 36.4 Å². The maximum Gasteiger partial charge on any atom is 0.320 e. The average molecular weight is 356 g/mol. The summed E-state index contributed by atoms with van der Waals surface area (Å²) < 4.78 is 0.693. The van der Waals surface area contributed by atoms with E-state index in [1.54, 1.807) is 0 Å². The Balaban J connectivity index is 2.07. The van der Waals surface area contributed by atoms with Crippen LogP contribution in [-0.4, -0.2) is 28.6 Å². The zero-order valence-corrected chi connectivity index (χ0v) is 14.0. The minimum Gasteiger partial charge on any atom is -0.480 e. The quantitative estimate of drug-likeness (QED) is 0.864. The number of hydrogen-bond donors (Lipinski definition) is 1. The third-order valence-electron chi connectivity index (χ3n) is 3.97. The molecule has 1 aromatic heterocycles. The van der Waals surface area contributed by atoms with Crippen molar-refractivity contribution in [2.75, 3.05) is 6.54 Å². The van der Waals surface area contributed by atoms with Crippen molar-refractivity contribution in [3.05, 3.63) is 56.2 Å². The van der Waals surface area contributed by atoms with Crippen molar-refractivity contribution in [1.82, 2.24) is 4.90 Å². The van der Waals surface area contributed by atoms with Gasteiger partial charge >= 0.3 is 5.97 Å². The highest BCUT2D eigenvalue weighted by atomic mass is 35.5. The van der Waals surface area contributed by atoms with E-state index in [9.17, 15) is 9.90 Å². The van der Waals surface area contributed by atoms with E-state index in [1.807, 2.05) is 41.3 Å². The molecule has 0 aliphatic carbocycles. The molecule has 0 saturated carbocycles. The van der Waals surface area contributed by atoms with Crippen molar-refractivity contribution in [3.63, 3.8) is 0 Å². The summed E-state index contributed by atoms with van der Waals surface area (Å²) >= 11 is 13.9. The third-order valence-corrected chi connectivity index (χ3v) is 5.60. The van der Waals surface area contributed by atoms with Crippen LogP contribution in [0.4, 0.5) is 0 Å². The molecule has 1 aliphatic heterocycles. The fourth-order valence-electron chi connectivity index (χ4n) is 3.03. The first-order chi connectivity index (χ1) is 10.6. The monoisotopic (exact) mass is 355 g/mol. The van der Waals surface area contributed by atoms with Crippen LogP contribution in [-0.2, 0) is 4.79 Å². The molecule has 1 saturated heterocycles. The molecule has 2 aromatic rings. The number of halogens is 2. The number of carboxylic acid groups (broad SMARTS) is 1. The Kier molecular flexibility index (Phi) is 4.73. The van der Waals surface area contributed by atoms with E-state index in [0.717, 1.165) is 23.4 Å². The molecule has 1 aliphatic rings. The summed E-state index contributed by atoms with van der Waals surface area (Å²) in [5.74, 6) is -0.780. The van der Waals surface area contributed by atoms with Gasteiger partial charge in [0.05, 0.1) is 10.4 Å². The largest absolute Gasteiger partial charge is 0.480 e. The number of carbonyl (C=O) groups is 1. The highest BCUT2D eigenvalue weighted by Gasteiger charge is 2.38. The number of carboxylic acids is 1. The minimum atomic E-state index is -0.780. The first-order valence-corrected chi connectivity index (χ1v) is 8.63. The first kappa shape index (κ1) is 15.8. The molecule has 0 radical (unpaired) electrons. The maximum absolute atomic E-state index is 11.6. The predicted octanol–water partition coefficient (Wildman–Crippen LogP) is 4.69. The lowest BCUT2D eigenvalue weighted by atomic mass is 10.0. The molecule has 0 spiro atoms. The maximum atomic E-state index is 11.6. The number of benzene rings is 1. The fourth-order valence-corrected chi connectivity index (χ4v) is 4.47. The van der Waals surface area contributed by atoms with E-state index in [4.69, 9.17) is 23.2 Å². The Morgan fingerprint density at radius 3 is 2.68 bits per heavy atom. The first-order valence-electron chi connectivity index (χ1n) is 7.06. The Bertz CT molecular complexity index is 688. The van der Waals surface area contributed by atoms with Crippen molar-refractivity contribution in [2.45, 2.75) is 24.9 Å². The summed E-state index contributed by atoms with van der Waals surface area (Å²) in [7, 11) is 0. The number of rotatable bonds is 4. The molecular formula is C16H15Cl2NO2S. The zero-order chi connectivity index (χ0) is 15.7. The summed E-state index contributed by atoms with van der Waals surface area (Å²) in [6, 6.07) is 10.7. The van der Waals surface area contributed by atoms with Gasteiger partial charge in [-0.05, 0) is 36.6 Å². The van der Waals surface area contributed by atoms with E-state index in [0.29, 0.717) is 15.8 Å². The van der Waals surface area contributed by atoms with E-state index in [2.05, 4.69) is 0 Å². The summed E-state index contributed by atoms with van der Waals surface area (Å²) in [5, 5.41) is 10.1. The third kappa shape index (κ3) is 3.01. The van der Waals surface area contributed by atoms with E-state index >= 15 is 0 Å². The normalized spacial score (nSPS) is 20.2. The van der Waals surface area contributed by atoms with Crippen molar-refractivity contribution in [2.24, 2.45) is 0 Å². The highest BCUT2D eigenvalue weighted by molar-refractivity contribution is 7.16. The summed E-state index contributed by atoms with van der Waals surface area (Å²) in [6.07, 6.45) is 1.53. The van der Waals surface area contributed by atoms with Crippen LogP contribution in [0.25, 0.3) is 0 Å². The van der Waals surface area contributed by atoms with Crippen LogP contribution in [0.1, 0.15) is 29.3 Å². The minimum absolute atomic E-state index is 0.171. The van der Waals surface area contributed by atoms with Crippen LogP contribution < -0.4 is 0 Å². The van der Waals surface area contributed by atoms with Gasteiger partial charge in [-0.25, -0.2) is 0 Å². The lowest BCUT2D eigenvalue weighted by molar-refractivity contribution is -0.142. The van der Waals surface area contributed by atoms with Crippen LogP contribution in [0, 0.1) is 0 Å². The van der Waals surface area contributed by atoms with Crippen LogP contribution in [0.5, 0.6) is 0 Å². The van der Waals surface area contributed by atoms with Crippen molar-refractivity contribution in [3.8, 4) is 0 Å². The van der Waals surface area contributed by atoms with Gasteiger partial charge in [-0.15, -0.1) is 11.3 Å². The molecule has 1 N–H and O–H groups in total. The number of likely N-dealkylation sites (tertiary alicyclic amines) is 1. The van der Waals surface area contributed by atoms with Crippen LogP contribution in [0.2, 0.25) is 9.36 Å². The van der Waals surface area contributed by atoms with E-state index in [1.165, 1.54) is 11.3 Å². The average Bonchev–Trinajstić information content (AvgIpc) is 3.11. The zero-order valence-electron chi connectivity index (χ0n) is 11.7. The van der Waals surface area contributed by atoms with Crippen LogP contribution >= 0.6 is 34.5 Å². The van der Waals surface area contributed by atoms with Gasteiger partial charge in [-0.2, -0.15) is 0 Å². The van der Waals surface area contributed by atoms with Gasteiger partial charge in [-0.3, -0.25) is 9.69 Å². The second-order valence-electron chi connectivity index (χ2n) is 5.30. The van der Waals surface area contributed by atoms with Crippen molar-refractivity contribution in [1.29, 1.82) is 0 Å². The Morgan fingerprint density at radius 1 is 1.27 bits per heavy atom. The van der Waals surface area contributed by atoms with Crippen molar-refractivity contribution >= 4 is 40.5 Å². The summed E-state index contributed by atoms with van der Waals surface area (Å²) in [6.45, 7) is 0.738. The number of thiophene rings is 1. The van der Waals surface area contributed by atoms with E-state index < -0.39 is 12.0 Å². The topological polar surface area (TPSA) is 40.5 Å². The van der Waals surface area contributed by atoms with Gasteiger partial charge in [0.15, 0.2) is 0 Å². The second kappa shape index (κ2) is 6.59. The molecule has 2 heterocycles. The molecule has 0 amide bonds. The summed E-state index contributed by atoms with van der Waals surface area (Å²) in [4.78, 5) is 14.6. The molecule has 1 aromatic carbocycles. The Hall–Kier alpha value is -1.07. The van der Waals surface area contributed by atoms with Gasteiger partial charge in [0.1, 0.15) is 6.04 Å². The van der Waals surface area contributed by atoms with Gasteiger partial charge < -0.3 is 5.11 Å². The van der Waals surface area contributed by atoms with Gasteiger partial charge in [0, 0.05) is 16.4 Å². The molecule has 3 rings (SSSR count). The van der Waals surface area contributed by atoms with Gasteiger partial charge in [0.25, 0.3) is 0 Å². The molecule has 2 unspecified atom stereocenters. The summed E-state index contributed by atoms with van der Waals surface area (Å²) in [5.41, 5.74) is 0.927. The molecule has 2 atom stereocenters. The number of nitrogens with zero attached hydrogens (tertiary/aromatic N) is 1. The van der Waals surface area contributed by atoms with Crippen molar-refractivity contribution < 1.29 is 9.90 Å². The van der Waals surface area contributed by atoms with Crippen LogP contribution in [0.3, 0.4) is 0 Å². The smallest absolute Gasteiger partial charge is 0.320 e. The Morgan fingerprint density at radius 2 is 2.05 bits per heavy atom. The molecule has 22 heavy (non-hydrogen) atoms. The highest BCUT2D eigenvalue weighted by Crippen LogP contribution is 2.41. The molecule has 0 bridgehead atoms. The van der Waals surface area contributed by atoms with Gasteiger partial charge in [0.2, 0.25) is 0 Å².